The van der Waals surface area contributed by atoms with Crippen molar-refractivity contribution in [3.63, 3.8) is 0 Å². The van der Waals surface area contributed by atoms with Crippen molar-refractivity contribution in [1.29, 1.82) is 0 Å². The van der Waals surface area contributed by atoms with Gasteiger partial charge in [-0.1, -0.05) is 24.9 Å². The lowest BCUT2D eigenvalue weighted by Crippen LogP contribution is -2.37. The number of rotatable bonds is 4. The molecule has 0 radical (unpaired) electrons. The number of hydrogen-bond acceptors (Lipinski definition) is 3. The van der Waals surface area contributed by atoms with Gasteiger partial charge in [-0.25, -0.2) is 0 Å². The molecule has 1 atom stereocenters. The van der Waals surface area contributed by atoms with Crippen molar-refractivity contribution in [3.05, 3.63) is 23.2 Å². The van der Waals surface area contributed by atoms with Gasteiger partial charge in [0.05, 0.1) is 17.8 Å². The number of nitrogens with one attached hydrogen (secondary N) is 1. The van der Waals surface area contributed by atoms with Crippen molar-refractivity contribution in [2.24, 2.45) is 0 Å². The lowest BCUT2D eigenvalue weighted by atomic mass is 10.1. The number of benzene rings is 1. The van der Waals surface area contributed by atoms with Gasteiger partial charge < -0.3 is 15.0 Å². The molecule has 1 aromatic carbocycles. The minimum Gasteiger partial charge on any atom is -0.497 e. The summed E-state index contributed by atoms with van der Waals surface area (Å²) in [6, 6.07) is 6.42. The van der Waals surface area contributed by atoms with E-state index in [1.54, 1.807) is 7.11 Å². The van der Waals surface area contributed by atoms with Crippen molar-refractivity contribution >= 4 is 17.3 Å². The number of anilines is 1. The van der Waals surface area contributed by atoms with Gasteiger partial charge in [-0.3, -0.25) is 0 Å². The fraction of sp³-hybridized carbons (Fsp3) is 0.600. The van der Waals surface area contributed by atoms with Crippen molar-refractivity contribution in [1.82, 2.24) is 5.32 Å². The van der Waals surface area contributed by atoms with Crippen LogP contribution in [0.4, 0.5) is 5.69 Å². The van der Waals surface area contributed by atoms with Gasteiger partial charge in [-0.05, 0) is 31.5 Å². The van der Waals surface area contributed by atoms with Crippen LogP contribution in [0.1, 0.15) is 26.2 Å². The smallest absolute Gasteiger partial charge is 0.121 e. The maximum atomic E-state index is 6.35. The van der Waals surface area contributed by atoms with E-state index >= 15 is 0 Å². The number of methoxy groups -OCH3 is 1. The summed E-state index contributed by atoms with van der Waals surface area (Å²) in [5.41, 5.74) is 1.09. The Morgan fingerprint density at radius 3 is 3.05 bits per heavy atom. The van der Waals surface area contributed by atoms with Gasteiger partial charge in [-0.15, -0.1) is 0 Å². The summed E-state index contributed by atoms with van der Waals surface area (Å²) in [6.45, 7) is 5.37. The largest absolute Gasteiger partial charge is 0.497 e. The average molecular weight is 283 g/mol. The summed E-state index contributed by atoms with van der Waals surface area (Å²) in [6.07, 6.45) is 3.56. The molecule has 0 spiro atoms. The first-order chi connectivity index (χ1) is 9.24. The van der Waals surface area contributed by atoms with Crippen molar-refractivity contribution < 1.29 is 4.74 Å². The van der Waals surface area contributed by atoms with E-state index in [0.29, 0.717) is 6.04 Å². The highest BCUT2D eigenvalue weighted by atomic mass is 35.5. The van der Waals surface area contributed by atoms with E-state index in [9.17, 15) is 0 Å². The van der Waals surface area contributed by atoms with Gasteiger partial charge in [0.15, 0.2) is 0 Å². The van der Waals surface area contributed by atoms with Gasteiger partial charge in [-0.2, -0.15) is 0 Å². The number of hydrogen-bond donors (Lipinski definition) is 1. The fourth-order valence-electron chi connectivity index (χ4n) is 2.62. The molecule has 1 unspecified atom stereocenters. The van der Waals surface area contributed by atoms with Crippen LogP contribution in [0, 0.1) is 0 Å². The van der Waals surface area contributed by atoms with E-state index in [0.717, 1.165) is 42.5 Å². The molecular formula is C15H23ClN2O. The molecule has 0 bridgehead atoms. The fourth-order valence-corrected chi connectivity index (χ4v) is 2.86. The predicted octanol–water partition coefficient (Wildman–Crippen LogP) is 3.32. The summed E-state index contributed by atoms with van der Waals surface area (Å²) >= 11 is 6.35. The molecule has 3 nitrogen and oxygen atoms in total. The highest BCUT2D eigenvalue weighted by Crippen LogP contribution is 2.31. The first kappa shape index (κ1) is 14.5. The van der Waals surface area contributed by atoms with E-state index in [2.05, 4.69) is 17.1 Å². The Labute approximate surface area is 120 Å². The molecule has 2 rings (SSSR count). The van der Waals surface area contributed by atoms with Crippen molar-refractivity contribution in [2.45, 2.75) is 32.2 Å². The monoisotopic (exact) mass is 282 g/mol. The molecule has 1 aliphatic rings. The summed E-state index contributed by atoms with van der Waals surface area (Å²) in [5, 5.41) is 4.42. The highest BCUT2D eigenvalue weighted by Gasteiger charge is 2.19. The molecule has 106 valence electrons. The zero-order valence-corrected chi connectivity index (χ0v) is 12.5. The second kappa shape index (κ2) is 7.01. The third-order valence-electron chi connectivity index (χ3n) is 3.61. The van der Waals surface area contributed by atoms with Crippen LogP contribution in [0.5, 0.6) is 5.75 Å². The Morgan fingerprint density at radius 2 is 2.32 bits per heavy atom. The standard InChI is InChI=1S/C15H23ClN2O/c1-3-5-12-11-18(9-4-8-17-12)15-10-13(19-2)6-7-14(15)16/h6-7,10,12,17H,3-5,8-9,11H2,1-2H3. The van der Waals surface area contributed by atoms with Crippen molar-refractivity contribution in [2.75, 3.05) is 31.6 Å². The Kier molecular flexibility index (Phi) is 5.34. The van der Waals surface area contributed by atoms with Gasteiger partial charge in [0, 0.05) is 25.2 Å². The Morgan fingerprint density at radius 1 is 1.47 bits per heavy atom. The van der Waals surface area contributed by atoms with Crippen LogP contribution in [0.15, 0.2) is 18.2 Å². The summed E-state index contributed by atoms with van der Waals surface area (Å²) in [7, 11) is 1.69. The zero-order chi connectivity index (χ0) is 13.7. The zero-order valence-electron chi connectivity index (χ0n) is 11.8. The third-order valence-corrected chi connectivity index (χ3v) is 3.93. The Balaban J connectivity index is 2.18. The molecule has 0 saturated carbocycles. The topological polar surface area (TPSA) is 24.5 Å². The molecule has 19 heavy (non-hydrogen) atoms. The van der Waals surface area contributed by atoms with E-state index in [1.807, 2.05) is 18.2 Å². The first-order valence-corrected chi connectivity index (χ1v) is 7.44. The summed E-state index contributed by atoms with van der Waals surface area (Å²) in [4.78, 5) is 2.38. The van der Waals surface area contributed by atoms with Crippen LogP contribution in [0.25, 0.3) is 0 Å². The molecule has 0 aliphatic carbocycles. The van der Waals surface area contributed by atoms with E-state index in [-0.39, 0.29) is 0 Å². The van der Waals surface area contributed by atoms with Crippen LogP contribution in [0.3, 0.4) is 0 Å². The molecule has 4 heteroatoms. The van der Waals surface area contributed by atoms with Crippen molar-refractivity contribution in [3.8, 4) is 5.75 Å². The average Bonchev–Trinajstić information content (AvgIpc) is 2.65. The Hall–Kier alpha value is -0.930. The second-order valence-electron chi connectivity index (χ2n) is 5.06. The first-order valence-electron chi connectivity index (χ1n) is 7.06. The van der Waals surface area contributed by atoms with Gasteiger partial charge in [0.1, 0.15) is 5.75 Å². The molecule has 1 aliphatic heterocycles. The summed E-state index contributed by atoms with van der Waals surface area (Å²) in [5.74, 6) is 0.864. The molecule has 1 aromatic rings. The van der Waals surface area contributed by atoms with Crippen LogP contribution >= 0.6 is 11.6 Å². The van der Waals surface area contributed by atoms with Gasteiger partial charge in [0.2, 0.25) is 0 Å². The minimum atomic E-state index is 0.551. The maximum absolute atomic E-state index is 6.35. The van der Waals surface area contributed by atoms with Crippen LogP contribution < -0.4 is 15.0 Å². The van der Waals surface area contributed by atoms with Crippen LogP contribution in [0.2, 0.25) is 5.02 Å². The molecule has 1 saturated heterocycles. The number of halogens is 1. The van der Waals surface area contributed by atoms with E-state index < -0.39 is 0 Å². The summed E-state index contributed by atoms with van der Waals surface area (Å²) < 4.78 is 5.31. The molecule has 1 heterocycles. The lowest BCUT2D eigenvalue weighted by molar-refractivity contribution is 0.414. The minimum absolute atomic E-state index is 0.551. The molecule has 0 amide bonds. The molecular weight excluding hydrogens is 260 g/mol. The van der Waals surface area contributed by atoms with Gasteiger partial charge >= 0.3 is 0 Å². The predicted molar refractivity (Wildman–Crippen MR) is 81.5 cm³/mol. The SMILES string of the molecule is CCCC1CN(c2cc(OC)ccc2Cl)CCCN1. The van der Waals surface area contributed by atoms with E-state index in [4.69, 9.17) is 16.3 Å². The van der Waals surface area contributed by atoms with Crippen LogP contribution in [-0.4, -0.2) is 32.8 Å². The maximum Gasteiger partial charge on any atom is 0.121 e. The molecule has 1 N–H and O–H groups in total. The van der Waals surface area contributed by atoms with E-state index in [1.165, 1.54) is 12.8 Å². The lowest BCUT2D eigenvalue weighted by Gasteiger charge is -2.27. The van der Waals surface area contributed by atoms with Gasteiger partial charge in [0.25, 0.3) is 0 Å². The highest BCUT2D eigenvalue weighted by molar-refractivity contribution is 6.33. The second-order valence-corrected chi connectivity index (χ2v) is 5.46. The third kappa shape index (κ3) is 3.77. The van der Waals surface area contributed by atoms with Crippen LogP contribution in [-0.2, 0) is 0 Å². The number of nitrogens with zero attached hydrogens (tertiary/aromatic N) is 1. The molecule has 0 aromatic heterocycles. The number of ether oxygens (including phenoxy) is 1. The normalized spacial score (nSPS) is 20.2. The quantitative estimate of drug-likeness (QED) is 0.917. The molecule has 1 fully saturated rings. The Bertz CT molecular complexity index is 411.